The Kier molecular flexibility index (Phi) is 2.82. The number of aromatic amines is 1. The van der Waals surface area contributed by atoms with Crippen LogP contribution in [0.2, 0.25) is 0 Å². The van der Waals surface area contributed by atoms with Crippen LogP contribution in [0.25, 0.3) is 11.0 Å². The molecule has 0 amide bonds. The molecule has 0 aliphatic carbocycles. The summed E-state index contributed by atoms with van der Waals surface area (Å²) in [6.07, 6.45) is 0. The maximum absolute atomic E-state index is 12.9. The van der Waals surface area contributed by atoms with E-state index in [4.69, 9.17) is 5.11 Å². The van der Waals surface area contributed by atoms with Crippen LogP contribution >= 0.6 is 11.8 Å². The quantitative estimate of drug-likeness (QED) is 0.808. The minimum Gasteiger partial charge on any atom is -0.480 e. The van der Waals surface area contributed by atoms with Crippen LogP contribution in [-0.4, -0.2) is 26.3 Å². The summed E-state index contributed by atoms with van der Waals surface area (Å²) >= 11 is 1.09. The number of H-pyrrole nitrogens is 1. The van der Waals surface area contributed by atoms with Gasteiger partial charge in [-0.15, -0.1) is 0 Å². The van der Waals surface area contributed by atoms with E-state index in [2.05, 4.69) is 9.97 Å². The van der Waals surface area contributed by atoms with Gasteiger partial charge in [0.15, 0.2) is 5.16 Å². The van der Waals surface area contributed by atoms with Crippen LogP contribution in [0.4, 0.5) is 4.39 Å². The molecule has 1 aromatic heterocycles. The van der Waals surface area contributed by atoms with Crippen molar-refractivity contribution in [2.24, 2.45) is 0 Å². The number of benzene rings is 1. The van der Waals surface area contributed by atoms with E-state index < -0.39 is 11.2 Å². The van der Waals surface area contributed by atoms with E-state index in [1.807, 2.05) is 0 Å². The molecule has 0 bridgehead atoms. The van der Waals surface area contributed by atoms with Crippen LogP contribution in [0, 0.1) is 5.82 Å². The molecule has 0 aliphatic rings. The number of carbonyl (C=O) groups is 1. The number of nitrogens with one attached hydrogen (secondary N) is 1. The van der Waals surface area contributed by atoms with Crippen LogP contribution < -0.4 is 0 Å². The number of fused-ring (bicyclic) bond motifs is 1. The summed E-state index contributed by atoms with van der Waals surface area (Å²) < 4.78 is 12.9. The van der Waals surface area contributed by atoms with Gasteiger partial charge < -0.3 is 10.1 Å². The average molecular weight is 240 g/mol. The first-order valence-electron chi connectivity index (χ1n) is 4.61. The lowest BCUT2D eigenvalue weighted by Gasteiger charge is -2.00. The molecular formula is C10H9FN2O2S. The molecule has 0 aliphatic heterocycles. The molecule has 1 heterocycles. The van der Waals surface area contributed by atoms with E-state index in [1.165, 1.54) is 12.1 Å². The highest BCUT2D eigenvalue weighted by Crippen LogP contribution is 2.23. The Bertz CT molecular complexity index is 541. The number of carboxylic acids is 1. The summed E-state index contributed by atoms with van der Waals surface area (Å²) in [6.45, 7) is 1.57. The zero-order valence-corrected chi connectivity index (χ0v) is 9.21. The van der Waals surface area contributed by atoms with Gasteiger partial charge in [-0.2, -0.15) is 0 Å². The normalized spacial score (nSPS) is 12.9. The second-order valence-corrected chi connectivity index (χ2v) is 4.63. The molecule has 2 rings (SSSR count). The van der Waals surface area contributed by atoms with E-state index in [9.17, 15) is 9.18 Å². The summed E-state index contributed by atoms with van der Waals surface area (Å²) in [4.78, 5) is 17.7. The van der Waals surface area contributed by atoms with Crippen molar-refractivity contribution in [2.45, 2.75) is 17.3 Å². The minimum atomic E-state index is -0.906. The van der Waals surface area contributed by atoms with E-state index in [0.717, 1.165) is 11.8 Å². The largest absolute Gasteiger partial charge is 0.480 e. The molecule has 2 N–H and O–H groups in total. The molecule has 1 atom stereocenters. The highest BCUT2D eigenvalue weighted by molar-refractivity contribution is 8.00. The predicted octanol–water partition coefficient (Wildman–Crippen LogP) is 2.27. The number of imidazole rings is 1. The first-order valence-corrected chi connectivity index (χ1v) is 5.49. The third-order valence-electron chi connectivity index (χ3n) is 2.06. The van der Waals surface area contributed by atoms with Crippen molar-refractivity contribution in [3.8, 4) is 0 Å². The summed E-state index contributed by atoms with van der Waals surface area (Å²) in [5, 5.41) is 8.63. The SMILES string of the molecule is CC(Sc1nc2ccc(F)cc2[nH]1)C(=O)O. The molecule has 84 valence electrons. The van der Waals surface area contributed by atoms with Crippen LogP contribution in [0.3, 0.4) is 0 Å². The van der Waals surface area contributed by atoms with Gasteiger partial charge in [-0.1, -0.05) is 11.8 Å². The second kappa shape index (κ2) is 4.13. The Labute approximate surface area is 94.9 Å². The second-order valence-electron chi connectivity index (χ2n) is 3.30. The van der Waals surface area contributed by atoms with Crippen molar-refractivity contribution in [2.75, 3.05) is 0 Å². The number of carboxylic acid groups (broad SMARTS) is 1. The van der Waals surface area contributed by atoms with Crippen LogP contribution in [0.15, 0.2) is 23.4 Å². The molecule has 4 nitrogen and oxygen atoms in total. The van der Waals surface area contributed by atoms with Gasteiger partial charge in [0.2, 0.25) is 0 Å². The fraction of sp³-hybridized carbons (Fsp3) is 0.200. The monoisotopic (exact) mass is 240 g/mol. The number of hydrogen-bond donors (Lipinski definition) is 2. The molecule has 6 heteroatoms. The topological polar surface area (TPSA) is 66.0 Å². The molecule has 1 aromatic carbocycles. The number of hydrogen-bond acceptors (Lipinski definition) is 3. The lowest BCUT2D eigenvalue weighted by molar-refractivity contribution is -0.136. The fourth-order valence-electron chi connectivity index (χ4n) is 1.23. The summed E-state index contributed by atoms with van der Waals surface area (Å²) in [6, 6.07) is 4.20. The molecule has 2 aromatic rings. The lowest BCUT2D eigenvalue weighted by Crippen LogP contribution is -2.11. The summed E-state index contributed by atoms with van der Waals surface area (Å²) in [7, 11) is 0. The number of thioether (sulfide) groups is 1. The number of halogens is 1. The number of aromatic nitrogens is 2. The number of aliphatic carboxylic acids is 1. The summed E-state index contributed by atoms with van der Waals surface area (Å²) in [5.41, 5.74) is 1.20. The Hall–Kier alpha value is -1.56. The maximum atomic E-state index is 12.9. The molecule has 0 fully saturated rings. The molecule has 0 saturated carbocycles. The van der Waals surface area contributed by atoms with Crippen molar-refractivity contribution >= 4 is 28.8 Å². The van der Waals surface area contributed by atoms with Crippen molar-refractivity contribution in [1.29, 1.82) is 0 Å². The number of nitrogens with zero attached hydrogens (tertiary/aromatic N) is 1. The van der Waals surface area contributed by atoms with Crippen LogP contribution in [0.5, 0.6) is 0 Å². The van der Waals surface area contributed by atoms with Crippen molar-refractivity contribution < 1.29 is 14.3 Å². The van der Waals surface area contributed by atoms with Crippen LogP contribution in [-0.2, 0) is 4.79 Å². The van der Waals surface area contributed by atoms with Crippen molar-refractivity contribution in [1.82, 2.24) is 9.97 Å². The molecule has 1 unspecified atom stereocenters. The third kappa shape index (κ3) is 2.16. The molecular weight excluding hydrogens is 231 g/mol. The lowest BCUT2D eigenvalue weighted by atomic mass is 10.3. The van der Waals surface area contributed by atoms with E-state index in [0.29, 0.717) is 16.2 Å². The van der Waals surface area contributed by atoms with Gasteiger partial charge >= 0.3 is 5.97 Å². The van der Waals surface area contributed by atoms with Gasteiger partial charge in [-0.05, 0) is 25.1 Å². The first kappa shape index (κ1) is 10.9. The third-order valence-corrected chi connectivity index (χ3v) is 3.03. The van der Waals surface area contributed by atoms with E-state index in [1.54, 1.807) is 13.0 Å². The van der Waals surface area contributed by atoms with Gasteiger partial charge in [0, 0.05) is 0 Å². The van der Waals surface area contributed by atoms with E-state index in [-0.39, 0.29) is 5.82 Å². The van der Waals surface area contributed by atoms with Gasteiger partial charge in [0.05, 0.1) is 11.0 Å². The zero-order valence-electron chi connectivity index (χ0n) is 8.40. The van der Waals surface area contributed by atoms with Crippen molar-refractivity contribution in [3.63, 3.8) is 0 Å². The Morgan fingerprint density at radius 3 is 3.06 bits per heavy atom. The fourth-order valence-corrected chi connectivity index (χ4v) is 1.99. The summed E-state index contributed by atoms with van der Waals surface area (Å²) in [5.74, 6) is -1.25. The molecule has 0 radical (unpaired) electrons. The maximum Gasteiger partial charge on any atom is 0.316 e. The van der Waals surface area contributed by atoms with Gasteiger partial charge in [0.25, 0.3) is 0 Å². The smallest absolute Gasteiger partial charge is 0.316 e. The first-order chi connectivity index (χ1) is 7.56. The minimum absolute atomic E-state index is 0.348. The Morgan fingerprint density at radius 2 is 2.38 bits per heavy atom. The Morgan fingerprint density at radius 1 is 1.62 bits per heavy atom. The highest BCUT2D eigenvalue weighted by Gasteiger charge is 2.15. The van der Waals surface area contributed by atoms with E-state index >= 15 is 0 Å². The molecule has 0 saturated heterocycles. The zero-order chi connectivity index (χ0) is 11.7. The molecule has 16 heavy (non-hydrogen) atoms. The predicted molar refractivity (Wildman–Crippen MR) is 59.0 cm³/mol. The van der Waals surface area contributed by atoms with Gasteiger partial charge in [-0.3, -0.25) is 4.79 Å². The molecule has 0 spiro atoms. The van der Waals surface area contributed by atoms with Gasteiger partial charge in [0.1, 0.15) is 11.1 Å². The van der Waals surface area contributed by atoms with Crippen molar-refractivity contribution in [3.05, 3.63) is 24.0 Å². The Balaban J connectivity index is 2.29. The average Bonchev–Trinajstić information content (AvgIpc) is 2.58. The van der Waals surface area contributed by atoms with Crippen LogP contribution in [0.1, 0.15) is 6.92 Å². The van der Waals surface area contributed by atoms with Gasteiger partial charge in [-0.25, -0.2) is 9.37 Å². The number of rotatable bonds is 3. The standard InChI is InChI=1S/C10H9FN2O2S/c1-5(9(14)15)16-10-12-7-3-2-6(11)4-8(7)13-10/h2-5H,1H3,(H,12,13)(H,14,15). The highest BCUT2D eigenvalue weighted by atomic mass is 32.2.